The number of thiophene rings is 2. The first-order valence-electron chi connectivity index (χ1n) is 9.31. The van der Waals surface area contributed by atoms with Crippen LogP contribution < -0.4 is 0 Å². The Bertz CT molecular complexity index is 798. The minimum Gasteiger partial charge on any atom is -0.329 e. The second kappa shape index (κ2) is 8.14. The van der Waals surface area contributed by atoms with E-state index in [-0.39, 0.29) is 18.5 Å². The van der Waals surface area contributed by atoms with E-state index in [9.17, 15) is 18.0 Å². The molecule has 1 atom stereocenters. The van der Waals surface area contributed by atoms with E-state index in [2.05, 4.69) is 17.5 Å². The van der Waals surface area contributed by atoms with Gasteiger partial charge in [0.15, 0.2) is 0 Å². The van der Waals surface area contributed by atoms with E-state index in [1.165, 1.54) is 15.3 Å². The molecule has 1 unspecified atom stereocenters. The molecule has 4 nitrogen and oxygen atoms in total. The summed E-state index contributed by atoms with van der Waals surface area (Å²) < 4.78 is 37.6. The van der Waals surface area contributed by atoms with Crippen molar-refractivity contribution in [2.45, 2.75) is 18.6 Å². The summed E-state index contributed by atoms with van der Waals surface area (Å²) in [5, 5.41) is 4.11. The molecule has 4 rings (SSSR count). The highest BCUT2D eigenvalue weighted by Gasteiger charge is 2.35. The topological polar surface area (TPSA) is 26.8 Å². The quantitative estimate of drug-likeness (QED) is 0.745. The van der Waals surface area contributed by atoms with E-state index in [1.807, 2.05) is 21.2 Å². The summed E-state index contributed by atoms with van der Waals surface area (Å²) in [6.45, 7) is 1.74. The van der Waals surface area contributed by atoms with Gasteiger partial charge in [-0.2, -0.15) is 13.2 Å². The molecule has 0 saturated carbocycles. The number of fused-ring (bicyclic) bond motifs is 1. The largest absolute Gasteiger partial charge is 0.401 e. The van der Waals surface area contributed by atoms with E-state index in [4.69, 9.17) is 0 Å². The highest BCUT2D eigenvalue weighted by molar-refractivity contribution is 7.10. The Kier molecular flexibility index (Phi) is 5.78. The van der Waals surface area contributed by atoms with Crippen molar-refractivity contribution < 1.29 is 18.0 Å². The number of nitrogens with zero attached hydrogens (tertiary/aromatic N) is 3. The van der Waals surface area contributed by atoms with E-state index >= 15 is 0 Å². The molecule has 2 aromatic heterocycles. The molecule has 0 N–H and O–H groups in total. The van der Waals surface area contributed by atoms with Gasteiger partial charge in [-0.1, -0.05) is 6.07 Å². The van der Waals surface area contributed by atoms with E-state index in [0.29, 0.717) is 32.7 Å². The van der Waals surface area contributed by atoms with Gasteiger partial charge in [-0.3, -0.25) is 14.6 Å². The maximum absolute atomic E-state index is 13.1. The minimum atomic E-state index is -4.17. The summed E-state index contributed by atoms with van der Waals surface area (Å²) in [6.07, 6.45) is -3.31. The van der Waals surface area contributed by atoms with Gasteiger partial charge >= 0.3 is 6.18 Å². The fraction of sp³-hybridized carbons (Fsp3) is 0.526. The van der Waals surface area contributed by atoms with Gasteiger partial charge in [0, 0.05) is 42.5 Å². The van der Waals surface area contributed by atoms with Gasteiger partial charge in [-0.25, -0.2) is 0 Å². The Morgan fingerprint density at radius 1 is 1.04 bits per heavy atom. The molecule has 0 bridgehead atoms. The third-order valence-electron chi connectivity index (χ3n) is 5.33. The van der Waals surface area contributed by atoms with E-state index in [0.717, 1.165) is 11.3 Å². The molecule has 0 aliphatic carbocycles. The highest BCUT2D eigenvalue weighted by Crippen LogP contribution is 2.39. The standard InChI is InChI=1S/C19H22F3N3OS2/c20-19(21,22)13-24-8-6-23(7-9-24)12-17(26)25-5-3-15-14(4-11-28-15)18(25)16-2-1-10-27-16/h1-2,4,10-11,18H,3,5-9,12-13H2. The summed E-state index contributed by atoms with van der Waals surface area (Å²) >= 11 is 3.39. The van der Waals surface area contributed by atoms with Crippen molar-refractivity contribution in [2.75, 3.05) is 45.8 Å². The lowest BCUT2D eigenvalue weighted by molar-refractivity contribution is -0.150. The molecule has 1 amide bonds. The van der Waals surface area contributed by atoms with Gasteiger partial charge in [0.1, 0.15) is 0 Å². The van der Waals surface area contributed by atoms with Gasteiger partial charge in [0.25, 0.3) is 0 Å². The predicted molar refractivity (Wildman–Crippen MR) is 105 cm³/mol. The van der Waals surface area contributed by atoms with Gasteiger partial charge in [0.05, 0.1) is 19.1 Å². The number of alkyl halides is 3. The van der Waals surface area contributed by atoms with Crippen LogP contribution >= 0.6 is 22.7 Å². The smallest absolute Gasteiger partial charge is 0.329 e. The average molecular weight is 430 g/mol. The maximum Gasteiger partial charge on any atom is 0.401 e. The van der Waals surface area contributed by atoms with Crippen LogP contribution in [-0.2, 0) is 11.2 Å². The summed E-state index contributed by atoms with van der Waals surface area (Å²) in [6, 6.07) is 6.13. The molecule has 2 aliphatic rings. The molecule has 0 aromatic carbocycles. The average Bonchev–Trinajstić information content (AvgIpc) is 3.32. The number of hydrogen-bond donors (Lipinski definition) is 0. The molecule has 0 spiro atoms. The Morgan fingerprint density at radius 3 is 2.46 bits per heavy atom. The maximum atomic E-state index is 13.1. The zero-order chi connectivity index (χ0) is 19.7. The van der Waals surface area contributed by atoms with Crippen molar-refractivity contribution in [1.29, 1.82) is 0 Å². The van der Waals surface area contributed by atoms with Crippen molar-refractivity contribution >= 4 is 28.6 Å². The van der Waals surface area contributed by atoms with Crippen LogP contribution in [0.1, 0.15) is 21.4 Å². The summed E-state index contributed by atoms with van der Waals surface area (Å²) in [5.41, 5.74) is 1.21. The van der Waals surface area contributed by atoms with E-state index in [1.54, 1.807) is 22.7 Å². The second-order valence-electron chi connectivity index (χ2n) is 7.22. The molecule has 28 heavy (non-hydrogen) atoms. The molecule has 0 radical (unpaired) electrons. The zero-order valence-corrected chi connectivity index (χ0v) is 17.0. The van der Waals surface area contributed by atoms with Gasteiger partial charge in [-0.05, 0) is 34.9 Å². The molecular formula is C19H22F3N3OS2. The summed E-state index contributed by atoms with van der Waals surface area (Å²) in [4.78, 5) is 20.9. The van der Waals surface area contributed by atoms with Crippen molar-refractivity contribution in [1.82, 2.24) is 14.7 Å². The lowest BCUT2D eigenvalue weighted by Crippen LogP contribution is -2.52. The van der Waals surface area contributed by atoms with Crippen LogP contribution in [0, 0.1) is 0 Å². The second-order valence-corrected chi connectivity index (χ2v) is 9.20. The number of hydrogen-bond acceptors (Lipinski definition) is 5. The molecule has 152 valence electrons. The van der Waals surface area contributed by atoms with Gasteiger partial charge < -0.3 is 4.90 Å². The van der Waals surface area contributed by atoms with Crippen LogP contribution in [0.3, 0.4) is 0 Å². The van der Waals surface area contributed by atoms with Crippen molar-refractivity contribution in [3.8, 4) is 0 Å². The molecule has 9 heteroatoms. The first-order valence-corrected chi connectivity index (χ1v) is 11.1. The number of rotatable bonds is 4. The number of piperazine rings is 1. The lowest BCUT2D eigenvalue weighted by Gasteiger charge is -2.39. The molecule has 1 saturated heterocycles. The van der Waals surface area contributed by atoms with Gasteiger partial charge in [-0.15, -0.1) is 22.7 Å². The molecular weight excluding hydrogens is 407 g/mol. The lowest BCUT2D eigenvalue weighted by atomic mass is 9.98. The fourth-order valence-electron chi connectivity index (χ4n) is 3.98. The van der Waals surface area contributed by atoms with Crippen LogP contribution in [0.2, 0.25) is 0 Å². The number of amides is 1. The van der Waals surface area contributed by atoms with Crippen molar-refractivity contribution in [3.63, 3.8) is 0 Å². The third-order valence-corrected chi connectivity index (χ3v) is 7.25. The van der Waals surface area contributed by atoms with Crippen LogP contribution in [0.25, 0.3) is 0 Å². The monoisotopic (exact) mass is 429 g/mol. The predicted octanol–water partition coefficient (Wildman–Crippen LogP) is 3.46. The van der Waals surface area contributed by atoms with Crippen LogP contribution in [0.15, 0.2) is 29.0 Å². The molecule has 4 heterocycles. The minimum absolute atomic E-state index is 0.0472. The fourth-order valence-corrected chi connectivity index (χ4v) is 5.74. The Labute approximate surface area is 170 Å². The van der Waals surface area contributed by atoms with Gasteiger partial charge in [0.2, 0.25) is 5.91 Å². The Hall–Kier alpha value is -1.42. The summed E-state index contributed by atoms with van der Waals surface area (Å²) in [5.74, 6) is 0.0551. The van der Waals surface area contributed by atoms with Crippen LogP contribution in [-0.4, -0.2) is 72.6 Å². The van der Waals surface area contributed by atoms with Crippen LogP contribution in [0.4, 0.5) is 13.2 Å². The molecule has 2 aromatic rings. The van der Waals surface area contributed by atoms with E-state index < -0.39 is 12.7 Å². The Morgan fingerprint density at radius 2 is 1.79 bits per heavy atom. The normalized spacial score (nSPS) is 21.7. The first kappa shape index (κ1) is 19.9. The number of carbonyl (C=O) groups excluding carboxylic acids is 1. The molecule has 2 aliphatic heterocycles. The molecule has 1 fully saturated rings. The van der Waals surface area contributed by atoms with Crippen LogP contribution in [0.5, 0.6) is 0 Å². The zero-order valence-electron chi connectivity index (χ0n) is 15.3. The summed E-state index contributed by atoms with van der Waals surface area (Å²) in [7, 11) is 0. The Balaban J connectivity index is 1.41. The SMILES string of the molecule is O=C(CN1CCN(CC(F)(F)F)CC1)N1CCc2sccc2C1c1cccs1. The van der Waals surface area contributed by atoms with Crippen molar-refractivity contribution in [3.05, 3.63) is 44.3 Å². The first-order chi connectivity index (χ1) is 13.4. The number of halogens is 3. The highest BCUT2D eigenvalue weighted by atomic mass is 32.1. The third kappa shape index (κ3) is 4.42. The van der Waals surface area contributed by atoms with Crippen molar-refractivity contribution in [2.24, 2.45) is 0 Å². The number of carbonyl (C=O) groups is 1.